The highest BCUT2D eigenvalue weighted by molar-refractivity contribution is 6.08. The van der Waals surface area contributed by atoms with Crippen molar-refractivity contribution in [2.45, 2.75) is 5.41 Å². The first kappa shape index (κ1) is 25.4. The maximum absolute atomic E-state index is 6.69. The Labute approximate surface area is 268 Å². The van der Waals surface area contributed by atoms with Gasteiger partial charge in [-0.25, -0.2) is 0 Å². The third kappa shape index (κ3) is 3.35. The van der Waals surface area contributed by atoms with Gasteiger partial charge in [0.15, 0.2) is 0 Å². The molecule has 1 heterocycles. The molecule has 10 rings (SSSR count). The Balaban J connectivity index is 1.21. The second kappa shape index (κ2) is 9.54. The number of para-hydroxylation sites is 1. The number of fused-ring (bicyclic) bond motifs is 7. The van der Waals surface area contributed by atoms with Gasteiger partial charge in [-0.1, -0.05) is 158 Å². The van der Waals surface area contributed by atoms with E-state index in [4.69, 9.17) is 4.74 Å². The molecule has 0 radical (unpaired) electrons. The summed E-state index contributed by atoms with van der Waals surface area (Å²) in [6.45, 7) is 0. The van der Waals surface area contributed by atoms with E-state index < -0.39 is 5.41 Å². The predicted octanol–water partition coefficient (Wildman–Crippen LogP) is 11.8. The second-order valence-electron chi connectivity index (χ2n) is 12.4. The molecular weight excluding hydrogens is 556 g/mol. The van der Waals surface area contributed by atoms with Gasteiger partial charge in [-0.05, 0) is 72.8 Å². The van der Waals surface area contributed by atoms with Crippen LogP contribution < -0.4 is 4.74 Å². The molecule has 1 nitrogen and oxygen atoms in total. The SMILES string of the molecule is c1ccc(C2(c3ccc(-c4ccc5cccc6c5c4Oc4ccccc4-6)cc3)c3ccccc3-c3c2ccc2ccccc32)cc1. The van der Waals surface area contributed by atoms with Crippen molar-refractivity contribution in [3.8, 4) is 44.9 Å². The minimum atomic E-state index is -0.448. The molecule has 0 aromatic heterocycles. The highest BCUT2D eigenvalue weighted by Gasteiger charge is 2.46. The summed E-state index contributed by atoms with van der Waals surface area (Å²) in [6.07, 6.45) is 0. The van der Waals surface area contributed by atoms with Crippen LogP contribution in [0, 0.1) is 0 Å². The highest BCUT2D eigenvalue weighted by Crippen LogP contribution is 2.58. The van der Waals surface area contributed by atoms with E-state index in [1.807, 2.05) is 6.07 Å². The molecule has 1 unspecified atom stereocenters. The van der Waals surface area contributed by atoms with Gasteiger partial charge in [0.2, 0.25) is 0 Å². The number of hydrogen-bond donors (Lipinski definition) is 0. The fraction of sp³-hybridized carbons (Fsp3) is 0.0222. The minimum absolute atomic E-state index is 0.448. The van der Waals surface area contributed by atoms with Crippen molar-refractivity contribution in [3.63, 3.8) is 0 Å². The Morgan fingerprint density at radius 3 is 1.96 bits per heavy atom. The van der Waals surface area contributed by atoms with Crippen molar-refractivity contribution in [1.29, 1.82) is 0 Å². The normalized spacial score (nSPS) is 15.7. The number of ether oxygens (including phenoxy) is 1. The molecule has 46 heavy (non-hydrogen) atoms. The largest absolute Gasteiger partial charge is 0.455 e. The summed E-state index contributed by atoms with van der Waals surface area (Å²) in [4.78, 5) is 0. The molecule has 0 saturated carbocycles. The molecule has 214 valence electrons. The third-order valence-electron chi connectivity index (χ3n) is 10.2. The van der Waals surface area contributed by atoms with Crippen LogP contribution in [0.1, 0.15) is 22.3 Å². The summed E-state index contributed by atoms with van der Waals surface area (Å²) < 4.78 is 6.69. The average Bonchev–Trinajstić information content (AvgIpc) is 3.44. The monoisotopic (exact) mass is 584 g/mol. The summed E-state index contributed by atoms with van der Waals surface area (Å²) >= 11 is 0. The summed E-state index contributed by atoms with van der Waals surface area (Å²) in [5, 5.41) is 4.93. The Morgan fingerprint density at radius 2 is 1.07 bits per heavy atom. The zero-order valence-corrected chi connectivity index (χ0v) is 25.1. The smallest absolute Gasteiger partial charge is 0.143 e. The molecule has 1 aliphatic heterocycles. The number of hydrogen-bond acceptors (Lipinski definition) is 1. The minimum Gasteiger partial charge on any atom is -0.455 e. The van der Waals surface area contributed by atoms with Gasteiger partial charge in [-0.2, -0.15) is 0 Å². The lowest BCUT2D eigenvalue weighted by molar-refractivity contribution is 0.489. The van der Waals surface area contributed by atoms with Gasteiger partial charge in [-0.3, -0.25) is 0 Å². The van der Waals surface area contributed by atoms with Crippen LogP contribution in [0.25, 0.3) is 54.9 Å². The Bertz CT molecular complexity index is 2490. The molecule has 8 aromatic rings. The fourth-order valence-electron chi connectivity index (χ4n) is 8.22. The lowest BCUT2D eigenvalue weighted by Gasteiger charge is -2.34. The van der Waals surface area contributed by atoms with E-state index >= 15 is 0 Å². The Morgan fingerprint density at radius 1 is 0.391 bits per heavy atom. The van der Waals surface area contributed by atoms with Gasteiger partial charge >= 0.3 is 0 Å². The molecule has 0 N–H and O–H groups in total. The van der Waals surface area contributed by atoms with Gasteiger partial charge in [0.05, 0.1) is 5.41 Å². The Kier molecular flexibility index (Phi) is 5.27. The van der Waals surface area contributed by atoms with Crippen LogP contribution in [0.4, 0.5) is 0 Å². The van der Waals surface area contributed by atoms with Crippen molar-refractivity contribution in [2.75, 3.05) is 0 Å². The zero-order valence-electron chi connectivity index (χ0n) is 25.1. The molecule has 8 aromatic carbocycles. The van der Waals surface area contributed by atoms with E-state index in [1.165, 1.54) is 60.5 Å². The summed E-state index contributed by atoms with van der Waals surface area (Å²) in [6, 6.07) is 62.0. The van der Waals surface area contributed by atoms with Crippen LogP contribution in [0.2, 0.25) is 0 Å². The first-order chi connectivity index (χ1) is 22.8. The highest BCUT2D eigenvalue weighted by atomic mass is 16.5. The maximum atomic E-state index is 6.69. The topological polar surface area (TPSA) is 9.23 Å². The number of benzene rings is 8. The van der Waals surface area contributed by atoms with E-state index in [0.29, 0.717) is 0 Å². The van der Waals surface area contributed by atoms with Gasteiger partial charge < -0.3 is 4.74 Å². The van der Waals surface area contributed by atoms with Crippen LogP contribution in [0.15, 0.2) is 170 Å². The van der Waals surface area contributed by atoms with Crippen molar-refractivity contribution < 1.29 is 4.74 Å². The van der Waals surface area contributed by atoms with E-state index in [-0.39, 0.29) is 0 Å². The standard InChI is InChI=1S/C45H28O/c1-2-13-32(14-3-1)45(39-19-8-6-17-38(39)43-34-15-5-4-11-29(34)24-28-40(43)45)33-25-21-30(22-26-33)35-27-23-31-12-10-18-37-36-16-7-9-20-41(36)46-44(35)42(31)37/h1-28H. The Hall–Kier alpha value is -5.92. The first-order valence-electron chi connectivity index (χ1n) is 15.9. The molecule has 0 fully saturated rings. The molecule has 0 spiro atoms. The van der Waals surface area contributed by atoms with Crippen LogP contribution in [-0.2, 0) is 5.41 Å². The molecule has 1 atom stereocenters. The van der Waals surface area contributed by atoms with Crippen molar-refractivity contribution in [3.05, 3.63) is 192 Å². The first-order valence-corrected chi connectivity index (χ1v) is 15.9. The predicted molar refractivity (Wildman–Crippen MR) is 190 cm³/mol. The van der Waals surface area contributed by atoms with Gasteiger partial charge in [0.1, 0.15) is 11.5 Å². The van der Waals surface area contributed by atoms with E-state index in [2.05, 4.69) is 164 Å². The average molecular weight is 585 g/mol. The second-order valence-corrected chi connectivity index (χ2v) is 12.4. The number of rotatable bonds is 3. The van der Waals surface area contributed by atoms with Crippen molar-refractivity contribution in [1.82, 2.24) is 0 Å². The molecule has 0 bridgehead atoms. The molecular formula is C45H28O. The summed E-state index contributed by atoms with van der Waals surface area (Å²) in [5.74, 6) is 1.83. The van der Waals surface area contributed by atoms with Crippen LogP contribution in [0.5, 0.6) is 11.5 Å². The lowest BCUT2D eigenvalue weighted by atomic mass is 9.67. The third-order valence-corrected chi connectivity index (χ3v) is 10.2. The quantitative estimate of drug-likeness (QED) is 0.201. The van der Waals surface area contributed by atoms with Gasteiger partial charge in [0, 0.05) is 16.5 Å². The van der Waals surface area contributed by atoms with Crippen LogP contribution in [-0.4, -0.2) is 0 Å². The summed E-state index contributed by atoms with van der Waals surface area (Å²) in [5.41, 5.74) is 12.0. The molecule has 1 aliphatic carbocycles. The van der Waals surface area contributed by atoms with Gasteiger partial charge in [-0.15, -0.1) is 0 Å². The lowest BCUT2D eigenvalue weighted by Crippen LogP contribution is -2.28. The van der Waals surface area contributed by atoms with E-state index in [9.17, 15) is 0 Å². The molecule has 0 saturated heterocycles. The fourth-order valence-corrected chi connectivity index (χ4v) is 8.22. The van der Waals surface area contributed by atoms with Crippen molar-refractivity contribution >= 4 is 21.5 Å². The van der Waals surface area contributed by atoms with Crippen LogP contribution in [0.3, 0.4) is 0 Å². The summed E-state index contributed by atoms with van der Waals surface area (Å²) in [7, 11) is 0. The molecule has 1 heteroatoms. The van der Waals surface area contributed by atoms with Gasteiger partial charge in [0.25, 0.3) is 0 Å². The molecule has 0 amide bonds. The van der Waals surface area contributed by atoms with E-state index in [0.717, 1.165) is 28.2 Å². The zero-order chi connectivity index (χ0) is 30.2. The maximum Gasteiger partial charge on any atom is 0.143 e. The van der Waals surface area contributed by atoms with E-state index in [1.54, 1.807) is 0 Å². The van der Waals surface area contributed by atoms with Crippen molar-refractivity contribution in [2.24, 2.45) is 0 Å². The van der Waals surface area contributed by atoms with Crippen LogP contribution >= 0.6 is 0 Å². The molecule has 2 aliphatic rings.